The Morgan fingerprint density at radius 2 is 2.05 bits per heavy atom. The van der Waals surface area contributed by atoms with Gasteiger partial charge in [-0.1, -0.05) is 40.2 Å². The molecule has 21 heavy (non-hydrogen) atoms. The number of nitrogens with one attached hydrogen (secondary N) is 1. The van der Waals surface area contributed by atoms with Gasteiger partial charge >= 0.3 is 0 Å². The highest BCUT2D eigenvalue weighted by molar-refractivity contribution is 9.10. The fraction of sp³-hybridized carbons (Fsp3) is 0.118. The smallest absolute Gasteiger partial charge is 0.286 e. The number of rotatable bonds is 4. The molecule has 0 unspecified atom stereocenters. The molecule has 0 radical (unpaired) electrons. The van der Waals surface area contributed by atoms with Crippen LogP contribution >= 0.6 is 15.9 Å². The lowest BCUT2D eigenvalue weighted by atomic mass is 10.0. The number of amides is 1. The van der Waals surface area contributed by atoms with Gasteiger partial charge in [0.25, 0.3) is 5.91 Å². The number of fused-ring (bicyclic) bond motifs is 1. The summed E-state index contributed by atoms with van der Waals surface area (Å²) >= 11 is 3.50. The second-order valence-electron chi connectivity index (χ2n) is 4.77. The van der Waals surface area contributed by atoms with Crippen LogP contribution in [0.5, 0.6) is 0 Å². The molecule has 0 atom stereocenters. The molecular formula is C17H14BrNO2. The summed E-state index contributed by atoms with van der Waals surface area (Å²) in [6, 6.07) is 15.8. The maximum atomic E-state index is 11.8. The van der Waals surface area contributed by atoms with Gasteiger partial charge in [-0.15, -0.1) is 0 Å². The minimum Gasteiger partial charge on any atom is -0.459 e. The summed E-state index contributed by atoms with van der Waals surface area (Å²) in [5.74, 6) is 0.164. The minimum atomic E-state index is -0.179. The van der Waals surface area contributed by atoms with Crippen molar-refractivity contribution >= 4 is 32.6 Å². The average molecular weight is 344 g/mol. The number of hydrogen-bond donors (Lipinski definition) is 1. The zero-order valence-corrected chi connectivity index (χ0v) is 12.9. The maximum Gasteiger partial charge on any atom is 0.286 e. The zero-order chi connectivity index (χ0) is 14.7. The van der Waals surface area contributed by atoms with E-state index in [1.165, 1.54) is 22.6 Å². The van der Waals surface area contributed by atoms with Crippen molar-refractivity contribution in [2.45, 2.75) is 6.42 Å². The van der Waals surface area contributed by atoms with E-state index in [1.54, 1.807) is 12.1 Å². The van der Waals surface area contributed by atoms with E-state index < -0.39 is 0 Å². The minimum absolute atomic E-state index is 0.179. The zero-order valence-electron chi connectivity index (χ0n) is 11.3. The van der Waals surface area contributed by atoms with Gasteiger partial charge in [0.15, 0.2) is 5.76 Å². The topological polar surface area (TPSA) is 42.2 Å². The van der Waals surface area contributed by atoms with Gasteiger partial charge < -0.3 is 9.73 Å². The number of benzene rings is 2. The Balaban J connectivity index is 1.71. The fourth-order valence-electron chi connectivity index (χ4n) is 2.33. The number of furan rings is 1. The van der Waals surface area contributed by atoms with E-state index in [0.717, 1.165) is 10.9 Å². The third-order valence-electron chi connectivity index (χ3n) is 3.36. The second-order valence-corrected chi connectivity index (χ2v) is 5.68. The van der Waals surface area contributed by atoms with E-state index in [9.17, 15) is 4.79 Å². The lowest BCUT2D eigenvalue weighted by molar-refractivity contribution is 0.0926. The molecule has 3 nitrogen and oxygen atoms in total. The maximum absolute atomic E-state index is 11.8. The Morgan fingerprint density at radius 1 is 1.14 bits per heavy atom. The standard InChI is InChI=1S/C17H14BrNO2/c18-14-7-6-12-3-1-4-13(15(12)11-14)8-9-19-17(20)16-5-2-10-21-16/h1-7,10-11H,8-9H2,(H,19,20). The van der Waals surface area contributed by atoms with E-state index >= 15 is 0 Å². The highest BCUT2D eigenvalue weighted by atomic mass is 79.9. The molecule has 1 heterocycles. The Bertz CT molecular complexity index is 766. The van der Waals surface area contributed by atoms with Crippen LogP contribution in [-0.2, 0) is 6.42 Å². The predicted molar refractivity (Wildman–Crippen MR) is 86.4 cm³/mol. The first-order chi connectivity index (χ1) is 10.2. The second kappa shape index (κ2) is 6.14. The lowest BCUT2D eigenvalue weighted by Gasteiger charge is -2.08. The first-order valence-electron chi connectivity index (χ1n) is 6.73. The van der Waals surface area contributed by atoms with Gasteiger partial charge in [-0.25, -0.2) is 0 Å². The van der Waals surface area contributed by atoms with Crippen molar-refractivity contribution in [2.24, 2.45) is 0 Å². The molecule has 3 rings (SSSR count). The molecule has 0 bridgehead atoms. The molecule has 1 aromatic heterocycles. The van der Waals surface area contributed by atoms with Crippen LogP contribution < -0.4 is 5.32 Å². The molecule has 1 amide bonds. The average Bonchev–Trinajstić information content (AvgIpc) is 3.02. The molecule has 3 aromatic rings. The molecule has 0 aliphatic heterocycles. The molecule has 2 aromatic carbocycles. The molecule has 0 aliphatic carbocycles. The normalized spacial score (nSPS) is 10.7. The number of hydrogen-bond acceptors (Lipinski definition) is 2. The Morgan fingerprint density at radius 3 is 2.86 bits per heavy atom. The molecule has 0 saturated heterocycles. The number of carbonyl (C=O) groups excluding carboxylic acids is 1. The van der Waals surface area contributed by atoms with Crippen molar-refractivity contribution < 1.29 is 9.21 Å². The highest BCUT2D eigenvalue weighted by Crippen LogP contribution is 2.23. The van der Waals surface area contributed by atoms with Crippen LogP contribution in [0.4, 0.5) is 0 Å². The molecule has 0 fully saturated rings. The molecular weight excluding hydrogens is 330 g/mol. The van der Waals surface area contributed by atoms with Crippen LogP contribution in [0.2, 0.25) is 0 Å². The van der Waals surface area contributed by atoms with Crippen LogP contribution in [0.3, 0.4) is 0 Å². The van der Waals surface area contributed by atoms with Crippen molar-refractivity contribution in [1.82, 2.24) is 5.32 Å². The summed E-state index contributed by atoms with van der Waals surface area (Å²) in [7, 11) is 0. The van der Waals surface area contributed by atoms with Crippen LogP contribution in [0.25, 0.3) is 10.8 Å². The van der Waals surface area contributed by atoms with E-state index in [0.29, 0.717) is 12.3 Å². The summed E-state index contributed by atoms with van der Waals surface area (Å²) < 4.78 is 6.12. The Kier molecular flexibility index (Phi) is 4.06. The molecule has 0 spiro atoms. The van der Waals surface area contributed by atoms with Crippen molar-refractivity contribution in [3.05, 3.63) is 70.6 Å². The summed E-state index contributed by atoms with van der Waals surface area (Å²) in [6.45, 7) is 0.575. The van der Waals surface area contributed by atoms with Gasteiger partial charge in [0.2, 0.25) is 0 Å². The van der Waals surface area contributed by atoms with E-state index in [1.807, 2.05) is 12.1 Å². The van der Waals surface area contributed by atoms with Crippen LogP contribution in [0, 0.1) is 0 Å². The monoisotopic (exact) mass is 343 g/mol. The van der Waals surface area contributed by atoms with Crippen LogP contribution in [-0.4, -0.2) is 12.5 Å². The molecule has 4 heteroatoms. The Hall–Kier alpha value is -2.07. The Labute approximate surface area is 131 Å². The summed E-state index contributed by atoms with van der Waals surface area (Å²) in [6.07, 6.45) is 2.28. The summed E-state index contributed by atoms with van der Waals surface area (Å²) in [4.78, 5) is 11.8. The fourth-order valence-corrected chi connectivity index (χ4v) is 2.69. The van der Waals surface area contributed by atoms with Gasteiger partial charge in [-0.3, -0.25) is 4.79 Å². The SMILES string of the molecule is O=C(NCCc1cccc2ccc(Br)cc12)c1ccco1. The van der Waals surface area contributed by atoms with Crippen LogP contribution in [0.15, 0.2) is 63.7 Å². The number of carbonyl (C=O) groups is 1. The van der Waals surface area contributed by atoms with E-state index in [2.05, 4.69) is 45.5 Å². The van der Waals surface area contributed by atoms with Crippen molar-refractivity contribution in [3.8, 4) is 0 Å². The summed E-state index contributed by atoms with van der Waals surface area (Å²) in [5.41, 5.74) is 1.22. The third kappa shape index (κ3) is 3.16. The summed E-state index contributed by atoms with van der Waals surface area (Å²) in [5, 5.41) is 5.28. The van der Waals surface area contributed by atoms with Gasteiger partial charge in [0.05, 0.1) is 6.26 Å². The molecule has 0 aliphatic rings. The van der Waals surface area contributed by atoms with Crippen molar-refractivity contribution in [3.63, 3.8) is 0 Å². The van der Waals surface area contributed by atoms with Crippen molar-refractivity contribution in [1.29, 1.82) is 0 Å². The van der Waals surface area contributed by atoms with Gasteiger partial charge in [-0.2, -0.15) is 0 Å². The van der Waals surface area contributed by atoms with Gasteiger partial charge in [-0.05, 0) is 47.0 Å². The lowest BCUT2D eigenvalue weighted by Crippen LogP contribution is -2.25. The first kappa shape index (κ1) is 13.9. The first-order valence-corrected chi connectivity index (χ1v) is 7.52. The third-order valence-corrected chi connectivity index (χ3v) is 3.85. The number of halogens is 1. The molecule has 106 valence electrons. The van der Waals surface area contributed by atoms with Crippen molar-refractivity contribution in [2.75, 3.05) is 6.54 Å². The largest absolute Gasteiger partial charge is 0.459 e. The van der Waals surface area contributed by atoms with E-state index in [4.69, 9.17) is 4.42 Å². The predicted octanol–water partition coefficient (Wildman–Crippen LogP) is 4.17. The molecule has 1 N–H and O–H groups in total. The van der Waals surface area contributed by atoms with Gasteiger partial charge in [0.1, 0.15) is 0 Å². The van der Waals surface area contributed by atoms with E-state index in [-0.39, 0.29) is 5.91 Å². The molecule has 0 saturated carbocycles. The van der Waals surface area contributed by atoms with Gasteiger partial charge in [0, 0.05) is 11.0 Å². The van der Waals surface area contributed by atoms with Crippen LogP contribution in [0.1, 0.15) is 16.1 Å². The quantitative estimate of drug-likeness (QED) is 0.772. The highest BCUT2D eigenvalue weighted by Gasteiger charge is 2.08.